The molecule has 0 saturated heterocycles. The molecule has 0 saturated carbocycles. The van der Waals surface area contributed by atoms with Crippen LogP contribution < -0.4 is 10.1 Å². The van der Waals surface area contributed by atoms with Crippen LogP contribution >= 0.6 is 0 Å². The van der Waals surface area contributed by atoms with Crippen molar-refractivity contribution in [1.29, 1.82) is 0 Å². The molecule has 1 heterocycles. The first-order chi connectivity index (χ1) is 9.15. The topological polar surface area (TPSA) is 46.6 Å². The molecule has 0 spiro atoms. The molecule has 5 nitrogen and oxygen atoms in total. The summed E-state index contributed by atoms with van der Waals surface area (Å²) < 4.78 is 10.2. The summed E-state index contributed by atoms with van der Waals surface area (Å²) in [6.07, 6.45) is 0. The number of hydrogen-bond donors (Lipinski definition) is 1. The number of pyridine rings is 1. The molecule has 0 aliphatic carbocycles. The van der Waals surface area contributed by atoms with Crippen molar-refractivity contribution >= 4 is 0 Å². The van der Waals surface area contributed by atoms with Gasteiger partial charge in [-0.05, 0) is 14.0 Å². The Morgan fingerprint density at radius 2 is 2.05 bits per heavy atom. The molecule has 0 aliphatic rings. The first-order valence-corrected chi connectivity index (χ1v) is 6.55. The average Bonchev–Trinajstić information content (AvgIpc) is 2.37. The number of nitrogens with zero attached hydrogens (tertiary/aromatic N) is 2. The van der Waals surface area contributed by atoms with Crippen LogP contribution in [0.5, 0.6) is 5.75 Å². The van der Waals surface area contributed by atoms with Crippen LogP contribution in [-0.4, -0.2) is 57.4 Å². The highest BCUT2D eigenvalue weighted by atomic mass is 16.5. The first kappa shape index (κ1) is 15.9. The van der Waals surface area contributed by atoms with Crippen molar-refractivity contribution in [2.75, 3.05) is 47.5 Å². The molecule has 0 atom stereocenters. The number of nitrogens with one attached hydrogen (secondary N) is 1. The lowest BCUT2D eigenvalue weighted by Crippen LogP contribution is -2.30. The third kappa shape index (κ3) is 6.52. The third-order valence-electron chi connectivity index (χ3n) is 2.80. The lowest BCUT2D eigenvalue weighted by Gasteiger charge is -2.17. The molecule has 108 valence electrons. The van der Waals surface area contributed by atoms with Gasteiger partial charge in [0, 0.05) is 51.1 Å². The van der Waals surface area contributed by atoms with E-state index in [1.165, 1.54) is 0 Å². The molecule has 1 aromatic heterocycles. The molecule has 0 fully saturated rings. The molecule has 0 unspecified atom stereocenters. The molecule has 1 N–H and O–H groups in total. The van der Waals surface area contributed by atoms with Crippen LogP contribution in [0.15, 0.2) is 12.1 Å². The molecule has 0 amide bonds. The predicted octanol–water partition coefficient (Wildman–Crippen LogP) is 1.07. The fraction of sp³-hybridized carbons (Fsp3) is 0.643. The number of likely N-dealkylation sites (N-methyl/N-ethyl adjacent to an activating group) is 1. The minimum atomic E-state index is 0.750. The van der Waals surface area contributed by atoms with Crippen LogP contribution in [0.3, 0.4) is 0 Å². The van der Waals surface area contributed by atoms with Gasteiger partial charge in [-0.25, -0.2) is 0 Å². The Balaban J connectivity index is 2.35. The van der Waals surface area contributed by atoms with Crippen molar-refractivity contribution in [3.8, 4) is 5.75 Å². The van der Waals surface area contributed by atoms with Crippen LogP contribution in [-0.2, 0) is 11.3 Å². The highest BCUT2D eigenvalue weighted by Crippen LogP contribution is 2.14. The summed E-state index contributed by atoms with van der Waals surface area (Å²) in [4.78, 5) is 6.75. The summed E-state index contributed by atoms with van der Waals surface area (Å²) >= 11 is 0. The van der Waals surface area contributed by atoms with Gasteiger partial charge in [-0.3, -0.25) is 9.88 Å². The van der Waals surface area contributed by atoms with Crippen LogP contribution in [0.2, 0.25) is 0 Å². The lowest BCUT2D eigenvalue weighted by atomic mass is 10.3. The second kappa shape index (κ2) is 8.85. The normalized spacial score (nSPS) is 11.0. The van der Waals surface area contributed by atoms with Crippen LogP contribution in [0.4, 0.5) is 0 Å². The maximum atomic E-state index is 5.26. The van der Waals surface area contributed by atoms with E-state index in [1.807, 2.05) is 19.1 Å². The molecule has 0 aliphatic heterocycles. The van der Waals surface area contributed by atoms with Gasteiger partial charge in [0.25, 0.3) is 0 Å². The number of aryl methyl sites for hydroxylation is 1. The molecule has 0 aromatic carbocycles. The zero-order valence-electron chi connectivity index (χ0n) is 12.4. The van der Waals surface area contributed by atoms with E-state index < -0.39 is 0 Å². The molecule has 0 bridgehead atoms. The SMILES string of the molecule is COCCNCCN(C)Cc1cc(OC)cc(C)n1. The van der Waals surface area contributed by atoms with Gasteiger partial charge in [0.15, 0.2) is 0 Å². The molecule has 5 heteroatoms. The average molecular weight is 267 g/mol. The van der Waals surface area contributed by atoms with E-state index >= 15 is 0 Å². The fourth-order valence-corrected chi connectivity index (χ4v) is 1.83. The minimum Gasteiger partial charge on any atom is -0.497 e. The highest BCUT2D eigenvalue weighted by molar-refractivity contribution is 5.26. The van der Waals surface area contributed by atoms with E-state index in [-0.39, 0.29) is 0 Å². The number of aromatic nitrogens is 1. The van der Waals surface area contributed by atoms with Crippen molar-refractivity contribution in [2.24, 2.45) is 0 Å². The Labute approximate surface area is 115 Å². The Bertz CT molecular complexity index is 372. The van der Waals surface area contributed by atoms with Gasteiger partial charge >= 0.3 is 0 Å². The van der Waals surface area contributed by atoms with Crippen molar-refractivity contribution in [3.63, 3.8) is 0 Å². The molecule has 1 rings (SSSR count). The van der Waals surface area contributed by atoms with E-state index in [2.05, 4.69) is 22.2 Å². The monoisotopic (exact) mass is 267 g/mol. The van der Waals surface area contributed by atoms with Gasteiger partial charge in [-0.15, -0.1) is 0 Å². The molecule has 1 aromatic rings. The minimum absolute atomic E-state index is 0.750. The molecular weight excluding hydrogens is 242 g/mol. The second-order valence-electron chi connectivity index (χ2n) is 4.62. The largest absolute Gasteiger partial charge is 0.497 e. The summed E-state index contributed by atoms with van der Waals surface area (Å²) in [6.45, 7) is 6.37. The van der Waals surface area contributed by atoms with Crippen LogP contribution in [0, 0.1) is 6.92 Å². The lowest BCUT2D eigenvalue weighted by molar-refractivity contribution is 0.197. The maximum absolute atomic E-state index is 5.26. The number of methoxy groups -OCH3 is 2. The zero-order chi connectivity index (χ0) is 14.1. The van der Waals surface area contributed by atoms with E-state index in [0.29, 0.717) is 0 Å². The Hall–Kier alpha value is -1.17. The Morgan fingerprint density at radius 1 is 1.26 bits per heavy atom. The summed E-state index contributed by atoms with van der Waals surface area (Å²) in [6, 6.07) is 3.93. The summed E-state index contributed by atoms with van der Waals surface area (Å²) in [5, 5.41) is 3.33. The van der Waals surface area contributed by atoms with Gasteiger partial charge in [-0.2, -0.15) is 0 Å². The van der Waals surface area contributed by atoms with Gasteiger partial charge in [0.05, 0.1) is 19.4 Å². The second-order valence-corrected chi connectivity index (χ2v) is 4.62. The summed E-state index contributed by atoms with van der Waals surface area (Å²) in [7, 11) is 5.49. The highest BCUT2D eigenvalue weighted by Gasteiger charge is 2.04. The maximum Gasteiger partial charge on any atom is 0.122 e. The smallest absolute Gasteiger partial charge is 0.122 e. The quantitative estimate of drug-likeness (QED) is 0.678. The molecule has 0 radical (unpaired) electrons. The van der Waals surface area contributed by atoms with E-state index in [4.69, 9.17) is 9.47 Å². The predicted molar refractivity (Wildman–Crippen MR) is 76.6 cm³/mol. The van der Waals surface area contributed by atoms with Crippen molar-refractivity contribution in [2.45, 2.75) is 13.5 Å². The van der Waals surface area contributed by atoms with Gasteiger partial charge < -0.3 is 14.8 Å². The van der Waals surface area contributed by atoms with E-state index in [9.17, 15) is 0 Å². The Morgan fingerprint density at radius 3 is 2.74 bits per heavy atom. The number of ether oxygens (including phenoxy) is 2. The first-order valence-electron chi connectivity index (χ1n) is 6.55. The van der Waals surface area contributed by atoms with E-state index in [1.54, 1.807) is 14.2 Å². The van der Waals surface area contributed by atoms with E-state index in [0.717, 1.165) is 49.9 Å². The molecular formula is C14H25N3O2. The summed E-state index contributed by atoms with van der Waals surface area (Å²) in [5.41, 5.74) is 2.03. The van der Waals surface area contributed by atoms with Crippen LogP contribution in [0.1, 0.15) is 11.4 Å². The zero-order valence-corrected chi connectivity index (χ0v) is 12.4. The van der Waals surface area contributed by atoms with Gasteiger partial charge in [-0.1, -0.05) is 0 Å². The van der Waals surface area contributed by atoms with Crippen molar-refractivity contribution in [1.82, 2.24) is 15.2 Å². The summed E-state index contributed by atoms with van der Waals surface area (Å²) in [5.74, 6) is 0.870. The standard InChI is InChI=1S/C14H25N3O2/c1-12-9-14(19-4)10-13(16-12)11-17(2)7-5-15-6-8-18-3/h9-10,15H,5-8,11H2,1-4H3. The van der Waals surface area contributed by atoms with Gasteiger partial charge in [0.2, 0.25) is 0 Å². The number of hydrogen-bond acceptors (Lipinski definition) is 5. The third-order valence-corrected chi connectivity index (χ3v) is 2.80. The van der Waals surface area contributed by atoms with Gasteiger partial charge in [0.1, 0.15) is 5.75 Å². The molecule has 19 heavy (non-hydrogen) atoms. The fourth-order valence-electron chi connectivity index (χ4n) is 1.83. The van der Waals surface area contributed by atoms with Crippen molar-refractivity contribution < 1.29 is 9.47 Å². The Kier molecular flexibility index (Phi) is 7.40. The van der Waals surface area contributed by atoms with Crippen LogP contribution in [0.25, 0.3) is 0 Å². The van der Waals surface area contributed by atoms with Crippen molar-refractivity contribution in [3.05, 3.63) is 23.5 Å². The number of rotatable bonds is 9.